The van der Waals surface area contributed by atoms with Gasteiger partial charge in [-0.25, -0.2) is 0 Å². The van der Waals surface area contributed by atoms with Crippen LogP contribution in [0.25, 0.3) is 0 Å². The van der Waals surface area contributed by atoms with Crippen molar-refractivity contribution in [1.29, 1.82) is 0 Å². The molecule has 0 bridgehead atoms. The summed E-state index contributed by atoms with van der Waals surface area (Å²) in [5, 5.41) is 3.73. The number of rotatable bonds is 7. The minimum atomic E-state index is 0.708. The van der Waals surface area contributed by atoms with Crippen LogP contribution in [-0.2, 0) is 0 Å². The van der Waals surface area contributed by atoms with Crippen LogP contribution in [0.3, 0.4) is 0 Å². The molecule has 0 amide bonds. The van der Waals surface area contributed by atoms with E-state index in [0.717, 1.165) is 17.9 Å². The third-order valence-electron chi connectivity index (χ3n) is 4.98. The van der Waals surface area contributed by atoms with Gasteiger partial charge in [0.2, 0.25) is 0 Å². The van der Waals surface area contributed by atoms with E-state index in [0.29, 0.717) is 6.04 Å². The number of nitrogens with one attached hydrogen (secondary N) is 1. The van der Waals surface area contributed by atoms with Gasteiger partial charge in [0.05, 0.1) is 0 Å². The van der Waals surface area contributed by atoms with Gasteiger partial charge in [0, 0.05) is 31.7 Å². The van der Waals surface area contributed by atoms with E-state index in [-0.39, 0.29) is 0 Å². The fourth-order valence-electron chi connectivity index (χ4n) is 3.09. The van der Waals surface area contributed by atoms with Gasteiger partial charge in [-0.15, -0.1) is 0 Å². The summed E-state index contributed by atoms with van der Waals surface area (Å²) in [6.07, 6.45) is 5.20. The van der Waals surface area contributed by atoms with E-state index in [2.05, 4.69) is 44.8 Å². The van der Waals surface area contributed by atoms with Crippen LogP contribution in [0.5, 0.6) is 0 Å². The highest BCUT2D eigenvalue weighted by molar-refractivity contribution is 4.88. The van der Waals surface area contributed by atoms with Gasteiger partial charge in [0.25, 0.3) is 0 Å². The fraction of sp³-hybridized carbons (Fsp3) is 1.00. The van der Waals surface area contributed by atoms with Gasteiger partial charge in [-0.05, 0) is 18.3 Å². The molecule has 3 atom stereocenters. The quantitative estimate of drug-likeness (QED) is 0.748. The predicted octanol–water partition coefficient (Wildman–Crippen LogP) is 3.52. The van der Waals surface area contributed by atoms with Crippen LogP contribution < -0.4 is 5.32 Å². The summed E-state index contributed by atoms with van der Waals surface area (Å²) in [5.74, 6) is 1.69. The molecule has 2 heteroatoms. The Morgan fingerprint density at radius 1 is 1.11 bits per heavy atom. The Morgan fingerprint density at radius 2 is 1.78 bits per heavy atom. The number of piperazine rings is 1. The van der Waals surface area contributed by atoms with Crippen LogP contribution in [0.15, 0.2) is 0 Å². The van der Waals surface area contributed by atoms with E-state index in [9.17, 15) is 0 Å². The normalized spacial score (nSPS) is 27.7. The molecule has 3 unspecified atom stereocenters. The largest absolute Gasteiger partial charge is 0.311 e. The minimum absolute atomic E-state index is 0.708. The first-order valence-corrected chi connectivity index (χ1v) is 8.13. The number of hydrogen-bond donors (Lipinski definition) is 1. The Kier molecular flexibility index (Phi) is 7.25. The smallest absolute Gasteiger partial charge is 0.0246 e. The van der Waals surface area contributed by atoms with Crippen molar-refractivity contribution >= 4 is 0 Å². The van der Waals surface area contributed by atoms with Crippen LogP contribution in [0, 0.1) is 11.8 Å². The Bertz CT molecular complexity index is 213. The van der Waals surface area contributed by atoms with Crippen molar-refractivity contribution in [2.75, 3.05) is 19.6 Å². The van der Waals surface area contributed by atoms with Gasteiger partial charge in [-0.3, -0.25) is 4.90 Å². The zero-order valence-electron chi connectivity index (χ0n) is 13.2. The lowest BCUT2D eigenvalue weighted by atomic mass is 9.92. The topological polar surface area (TPSA) is 15.3 Å². The van der Waals surface area contributed by atoms with E-state index in [1.165, 1.54) is 45.3 Å². The van der Waals surface area contributed by atoms with Gasteiger partial charge in [0.1, 0.15) is 0 Å². The Morgan fingerprint density at radius 3 is 2.28 bits per heavy atom. The maximum absolute atomic E-state index is 3.73. The molecule has 0 aromatic carbocycles. The second kappa shape index (κ2) is 8.16. The Balaban J connectivity index is 2.64. The van der Waals surface area contributed by atoms with Gasteiger partial charge < -0.3 is 5.32 Å². The highest BCUT2D eigenvalue weighted by atomic mass is 15.2. The molecule has 0 aromatic heterocycles. The molecule has 1 N–H and O–H groups in total. The summed E-state index contributed by atoms with van der Waals surface area (Å²) in [6, 6.07) is 1.46. The summed E-state index contributed by atoms with van der Waals surface area (Å²) in [5.41, 5.74) is 0. The van der Waals surface area contributed by atoms with Crippen LogP contribution in [0.4, 0.5) is 0 Å². The lowest BCUT2D eigenvalue weighted by Gasteiger charge is -2.44. The van der Waals surface area contributed by atoms with Crippen molar-refractivity contribution in [3.63, 3.8) is 0 Å². The van der Waals surface area contributed by atoms with Crippen molar-refractivity contribution in [3.8, 4) is 0 Å². The zero-order chi connectivity index (χ0) is 13.5. The number of nitrogens with zero attached hydrogens (tertiary/aromatic N) is 1. The van der Waals surface area contributed by atoms with E-state index in [4.69, 9.17) is 0 Å². The lowest BCUT2D eigenvalue weighted by Crippen LogP contribution is -2.59. The molecule has 1 heterocycles. The number of hydrogen-bond acceptors (Lipinski definition) is 2. The van der Waals surface area contributed by atoms with E-state index >= 15 is 0 Å². The molecule has 1 aliphatic heterocycles. The van der Waals surface area contributed by atoms with E-state index < -0.39 is 0 Å². The minimum Gasteiger partial charge on any atom is -0.311 e. The van der Waals surface area contributed by atoms with Crippen LogP contribution >= 0.6 is 0 Å². The maximum atomic E-state index is 3.73. The van der Waals surface area contributed by atoms with Crippen LogP contribution in [0.1, 0.15) is 60.3 Å². The Hall–Kier alpha value is -0.0800. The molecule has 1 rings (SSSR count). The average molecular weight is 254 g/mol. The summed E-state index contributed by atoms with van der Waals surface area (Å²) in [7, 11) is 0. The molecular formula is C16H34N2. The molecule has 1 fully saturated rings. The van der Waals surface area contributed by atoms with Gasteiger partial charge in [-0.1, -0.05) is 53.9 Å². The molecule has 2 nitrogen and oxygen atoms in total. The summed E-state index contributed by atoms with van der Waals surface area (Å²) in [4.78, 5) is 2.79. The van der Waals surface area contributed by atoms with Crippen molar-refractivity contribution in [2.45, 2.75) is 72.4 Å². The summed E-state index contributed by atoms with van der Waals surface area (Å²) < 4.78 is 0. The van der Waals surface area contributed by atoms with Gasteiger partial charge in [0.15, 0.2) is 0 Å². The van der Waals surface area contributed by atoms with E-state index in [1.807, 2.05) is 0 Å². The maximum Gasteiger partial charge on any atom is 0.0246 e. The zero-order valence-corrected chi connectivity index (χ0v) is 13.2. The van der Waals surface area contributed by atoms with Crippen molar-refractivity contribution in [3.05, 3.63) is 0 Å². The first-order valence-electron chi connectivity index (χ1n) is 8.13. The van der Waals surface area contributed by atoms with Crippen molar-refractivity contribution in [2.24, 2.45) is 11.8 Å². The second-order valence-corrected chi connectivity index (χ2v) is 6.10. The molecule has 0 radical (unpaired) electrons. The molecule has 108 valence electrons. The summed E-state index contributed by atoms with van der Waals surface area (Å²) in [6.45, 7) is 15.5. The molecule has 1 aliphatic rings. The first kappa shape index (κ1) is 16.0. The monoisotopic (exact) mass is 254 g/mol. The molecule has 0 saturated carbocycles. The highest BCUT2D eigenvalue weighted by Gasteiger charge is 2.30. The Labute approximate surface area is 115 Å². The predicted molar refractivity (Wildman–Crippen MR) is 81.0 cm³/mol. The molecule has 18 heavy (non-hydrogen) atoms. The van der Waals surface area contributed by atoms with Crippen molar-refractivity contribution in [1.82, 2.24) is 10.2 Å². The fourth-order valence-corrected chi connectivity index (χ4v) is 3.09. The molecular weight excluding hydrogens is 220 g/mol. The standard InChI is InChI=1S/C16H34N2/c1-6-13(5)16-10-17-15(9-4)12-18(16)11-14(7-2)8-3/h13-17H,6-12H2,1-5H3. The van der Waals surface area contributed by atoms with Gasteiger partial charge >= 0.3 is 0 Å². The summed E-state index contributed by atoms with van der Waals surface area (Å²) >= 11 is 0. The lowest BCUT2D eigenvalue weighted by molar-refractivity contribution is 0.0727. The third-order valence-corrected chi connectivity index (χ3v) is 4.98. The average Bonchev–Trinajstić information content (AvgIpc) is 2.43. The van der Waals surface area contributed by atoms with Crippen LogP contribution in [-0.4, -0.2) is 36.6 Å². The molecule has 0 aromatic rings. The molecule has 0 aliphatic carbocycles. The van der Waals surface area contributed by atoms with E-state index in [1.54, 1.807) is 0 Å². The van der Waals surface area contributed by atoms with Crippen molar-refractivity contribution < 1.29 is 0 Å². The first-order chi connectivity index (χ1) is 8.65. The SMILES string of the molecule is CCC(CC)CN1CC(CC)NCC1C(C)CC. The second-order valence-electron chi connectivity index (χ2n) is 6.10. The van der Waals surface area contributed by atoms with Gasteiger partial charge in [-0.2, -0.15) is 0 Å². The van der Waals surface area contributed by atoms with Crippen LogP contribution in [0.2, 0.25) is 0 Å². The third kappa shape index (κ3) is 4.24. The molecule has 1 saturated heterocycles. The highest BCUT2D eigenvalue weighted by Crippen LogP contribution is 2.22. The molecule has 0 spiro atoms.